The van der Waals surface area contributed by atoms with Gasteiger partial charge in [-0.25, -0.2) is 0 Å². The van der Waals surface area contributed by atoms with Crippen LogP contribution in [0.25, 0.3) is 0 Å². The van der Waals surface area contributed by atoms with Crippen LogP contribution in [-0.2, 0) is 11.3 Å². The zero-order chi connectivity index (χ0) is 14.8. The van der Waals surface area contributed by atoms with E-state index in [2.05, 4.69) is 12.2 Å². The summed E-state index contributed by atoms with van der Waals surface area (Å²) in [5, 5.41) is 12.4. The van der Waals surface area contributed by atoms with E-state index in [1.54, 1.807) is 6.92 Å². The van der Waals surface area contributed by atoms with E-state index in [4.69, 9.17) is 0 Å². The second kappa shape index (κ2) is 9.54. The molecule has 0 unspecified atom stereocenters. The molecule has 0 aliphatic carbocycles. The number of nitrogens with one attached hydrogen (secondary N) is 1. The van der Waals surface area contributed by atoms with Crippen LogP contribution in [0.5, 0.6) is 0 Å². The molecule has 0 aromatic heterocycles. The predicted octanol–water partition coefficient (Wildman–Crippen LogP) is 3.27. The minimum Gasteiger partial charge on any atom is -0.393 e. The molecule has 0 saturated carbocycles. The Balaban J connectivity index is 2.44. The van der Waals surface area contributed by atoms with Gasteiger partial charge in [-0.3, -0.25) is 4.79 Å². The Labute approximate surface area is 122 Å². The van der Waals surface area contributed by atoms with Gasteiger partial charge in [-0.15, -0.1) is 0 Å². The molecular formula is C17H27NO2. The number of carbonyl (C=O) groups is 1. The van der Waals surface area contributed by atoms with Crippen molar-refractivity contribution in [2.45, 2.75) is 58.6 Å². The topological polar surface area (TPSA) is 49.3 Å². The van der Waals surface area contributed by atoms with Gasteiger partial charge in [-0.2, -0.15) is 0 Å². The lowest BCUT2D eigenvalue weighted by atomic mass is 9.94. The van der Waals surface area contributed by atoms with Crippen LogP contribution >= 0.6 is 0 Å². The van der Waals surface area contributed by atoms with Crippen LogP contribution in [0.2, 0.25) is 0 Å². The first-order valence-corrected chi connectivity index (χ1v) is 7.63. The number of hydrogen-bond donors (Lipinski definition) is 2. The van der Waals surface area contributed by atoms with E-state index in [1.165, 1.54) is 0 Å². The molecule has 0 radical (unpaired) electrons. The van der Waals surface area contributed by atoms with Gasteiger partial charge < -0.3 is 10.4 Å². The monoisotopic (exact) mass is 277 g/mol. The third-order valence-corrected chi connectivity index (χ3v) is 3.52. The first kappa shape index (κ1) is 16.7. The summed E-state index contributed by atoms with van der Waals surface area (Å²) >= 11 is 0. The van der Waals surface area contributed by atoms with Crippen molar-refractivity contribution in [2.75, 3.05) is 0 Å². The molecule has 20 heavy (non-hydrogen) atoms. The Morgan fingerprint density at radius 1 is 1.20 bits per heavy atom. The van der Waals surface area contributed by atoms with Crippen LogP contribution in [0.3, 0.4) is 0 Å². The third-order valence-electron chi connectivity index (χ3n) is 3.52. The fourth-order valence-electron chi connectivity index (χ4n) is 2.23. The van der Waals surface area contributed by atoms with E-state index >= 15 is 0 Å². The van der Waals surface area contributed by atoms with Crippen molar-refractivity contribution in [3.63, 3.8) is 0 Å². The average molecular weight is 277 g/mol. The Morgan fingerprint density at radius 3 is 2.50 bits per heavy atom. The predicted molar refractivity (Wildman–Crippen MR) is 82.2 cm³/mol. The normalized spacial score (nSPS) is 13.8. The van der Waals surface area contributed by atoms with Crippen molar-refractivity contribution in [1.82, 2.24) is 5.32 Å². The molecular weight excluding hydrogens is 250 g/mol. The molecule has 0 fully saturated rings. The highest BCUT2D eigenvalue weighted by atomic mass is 16.3. The van der Waals surface area contributed by atoms with Crippen LogP contribution in [-0.4, -0.2) is 17.1 Å². The molecule has 3 nitrogen and oxygen atoms in total. The van der Waals surface area contributed by atoms with Crippen molar-refractivity contribution in [3.8, 4) is 0 Å². The highest BCUT2D eigenvalue weighted by molar-refractivity contribution is 5.78. The van der Waals surface area contributed by atoms with Crippen LogP contribution in [0.15, 0.2) is 30.3 Å². The quantitative estimate of drug-likeness (QED) is 0.728. The highest BCUT2D eigenvalue weighted by Crippen LogP contribution is 2.17. The van der Waals surface area contributed by atoms with E-state index in [0.29, 0.717) is 13.0 Å². The molecule has 0 saturated heterocycles. The van der Waals surface area contributed by atoms with Gasteiger partial charge in [0, 0.05) is 12.5 Å². The maximum atomic E-state index is 12.2. The van der Waals surface area contributed by atoms with Gasteiger partial charge in [0.2, 0.25) is 5.91 Å². The van der Waals surface area contributed by atoms with E-state index in [1.807, 2.05) is 30.3 Å². The minimum absolute atomic E-state index is 0.0215. The van der Waals surface area contributed by atoms with Crippen LogP contribution < -0.4 is 5.32 Å². The van der Waals surface area contributed by atoms with Crippen molar-refractivity contribution >= 4 is 5.91 Å². The second-order valence-corrected chi connectivity index (χ2v) is 5.47. The summed E-state index contributed by atoms with van der Waals surface area (Å²) in [5.41, 5.74) is 1.12. The largest absolute Gasteiger partial charge is 0.393 e. The molecule has 112 valence electrons. The van der Waals surface area contributed by atoms with E-state index in [0.717, 1.165) is 31.2 Å². The van der Waals surface area contributed by atoms with Crippen LogP contribution in [0.1, 0.15) is 51.5 Å². The zero-order valence-electron chi connectivity index (χ0n) is 12.6. The zero-order valence-corrected chi connectivity index (χ0v) is 12.6. The molecule has 0 spiro atoms. The van der Waals surface area contributed by atoms with Crippen molar-refractivity contribution in [1.29, 1.82) is 0 Å². The number of aliphatic hydroxyl groups is 1. The second-order valence-electron chi connectivity index (χ2n) is 5.47. The molecule has 0 heterocycles. The summed E-state index contributed by atoms with van der Waals surface area (Å²) < 4.78 is 0. The third kappa shape index (κ3) is 6.71. The Morgan fingerprint density at radius 2 is 1.90 bits per heavy atom. The van der Waals surface area contributed by atoms with Gasteiger partial charge in [-0.1, -0.05) is 50.1 Å². The summed E-state index contributed by atoms with van der Waals surface area (Å²) in [7, 11) is 0. The first-order valence-electron chi connectivity index (χ1n) is 7.63. The van der Waals surface area contributed by atoms with Crippen molar-refractivity contribution < 1.29 is 9.90 Å². The van der Waals surface area contributed by atoms with Gasteiger partial charge in [0.25, 0.3) is 0 Å². The van der Waals surface area contributed by atoms with E-state index in [9.17, 15) is 9.90 Å². The minimum atomic E-state index is -0.332. The summed E-state index contributed by atoms with van der Waals surface area (Å²) in [4.78, 5) is 12.2. The first-order chi connectivity index (χ1) is 9.63. The standard InChI is InChI=1S/C17H27NO2/c1-3-4-10-16(12-11-14(2)19)17(20)18-13-15-8-6-5-7-9-15/h5-9,14,16,19H,3-4,10-13H2,1-2H3,(H,18,20)/t14-,16-/m1/s1. The number of benzene rings is 1. The Bertz CT molecular complexity index is 376. The number of aliphatic hydroxyl groups excluding tert-OH is 1. The summed E-state index contributed by atoms with van der Waals surface area (Å²) in [6, 6.07) is 9.94. The number of unbranched alkanes of at least 4 members (excludes halogenated alkanes) is 1. The maximum absolute atomic E-state index is 12.2. The SMILES string of the molecule is CCCC[C@H](CC[C@@H](C)O)C(=O)NCc1ccccc1. The molecule has 1 rings (SSSR count). The smallest absolute Gasteiger partial charge is 0.223 e. The number of amides is 1. The van der Waals surface area contributed by atoms with Gasteiger partial charge in [-0.05, 0) is 31.7 Å². The molecule has 1 amide bonds. The number of carbonyl (C=O) groups excluding carboxylic acids is 1. The van der Waals surface area contributed by atoms with E-state index in [-0.39, 0.29) is 17.9 Å². The van der Waals surface area contributed by atoms with Crippen LogP contribution in [0, 0.1) is 5.92 Å². The summed E-state index contributed by atoms with van der Waals surface area (Å²) in [6.07, 6.45) is 4.18. The molecule has 2 atom stereocenters. The lowest BCUT2D eigenvalue weighted by molar-refractivity contribution is -0.125. The molecule has 1 aromatic rings. The van der Waals surface area contributed by atoms with Gasteiger partial charge in [0.15, 0.2) is 0 Å². The number of rotatable bonds is 9. The lowest BCUT2D eigenvalue weighted by Gasteiger charge is -2.17. The fourth-order valence-corrected chi connectivity index (χ4v) is 2.23. The summed E-state index contributed by atoms with van der Waals surface area (Å²) in [5.74, 6) is 0.135. The summed E-state index contributed by atoms with van der Waals surface area (Å²) in [6.45, 7) is 4.49. The van der Waals surface area contributed by atoms with Crippen molar-refractivity contribution in [3.05, 3.63) is 35.9 Å². The van der Waals surface area contributed by atoms with E-state index < -0.39 is 0 Å². The van der Waals surface area contributed by atoms with Crippen LogP contribution in [0.4, 0.5) is 0 Å². The highest BCUT2D eigenvalue weighted by Gasteiger charge is 2.18. The molecule has 0 aliphatic rings. The van der Waals surface area contributed by atoms with Gasteiger partial charge in [0.05, 0.1) is 6.10 Å². The molecule has 0 aliphatic heterocycles. The number of hydrogen-bond acceptors (Lipinski definition) is 2. The Kier molecular flexibility index (Phi) is 7.97. The van der Waals surface area contributed by atoms with Gasteiger partial charge in [0.1, 0.15) is 0 Å². The fraction of sp³-hybridized carbons (Fsp3) is 0.588. The molecule has 2 N–H and O–H groups in total. The lowest BCUT2D eigenvalue weighted by Crippen LogP contribution is -2.30. The van der Waals surface area contributed by atoms with Gasteiger partial charge >= 0.3 is 0 Å². The molecule has 3 heteroatoms. The molecule has 0 bridgehead atoms. The maximum Gasteiger partial charge on any atom is 0.223 e. The average Bonchev–Trinajstić information content (AvgIpc) is 2.45. The van der Waals surface area contributed by atoms with Crippen molar-refractivity contribution in [2.24, 2.45) is 5.92 Å². The Hall–Kier alpha value is -1.35. The molecule has 1 aromatic carbocycles.